The Hall–Kier alpha value is -0.320. The van der Waals surface area contributed by atoms with Gasteiger partial charge in [-0.25, -0.2) is 0 Å². The Labute approximate surface area is 123 Å². The molecule has 0 aromatic carbocycles. The van der Waals surface area contributed by atoms with E-state index >= 15 is 0 Å². The number of amides is 1. The molecule has 19 heavy (non-hydrogen) atoms. The van der Waals surface area contributed by atoms with Gasteiger partial charge in [-0.15, -0.1) is 12.4 Å². The molecule has 1 amide bonds. The molecule has 112 valence electrons. The van der Waals surface area contributed by atoms with E-state index in [1.165, 1.54) is 32.4 Å². The van der Waals surface area contributed by atoms with Gasteiger partial charge in [-0.2, -0.15) is 0 Å². The van der Waals surface area contributed by atoms with Crippen molar-refractivity contribution in [3.05, 3.63) is 0 Å². The van der Waals surface area contributed by atoms with Crippen molar-refractivity contribution >= 4 is 18.3 Å². The second kappa shape index (κ2) is 8.77. The van der Waals surface area contributed by atoms with E-state index in [-0.39, 0.29) is 24.2 Å². The van der Waals surface area contributed by atoms with Gasteiger partial charge >= 0.3 is 0 Å². The monoisotopic (exact) mass is 289 g/mol. The van der Waals surface area contributed by atoms with Crippen molar-refractivity contribution in [1.82, 2.24) is 15.5 Å². The average Bonchev–Trinajstić information content (AvgIpc) is 2.40. The maximum Gasteiger partial charge on any atom is 0.223 e. The number of halogens is 1. The van der Waals surface area contributed by atoms with E-state index in [9.17, 15) is 4.79 Å². The lowest BCUT2D eigenvalue weighted by atomic mass is 9.92. The molecule has 0 aliphatic carbocycles. The van der Waals surface area contributed by atoms with Crippen LogP contribution >= 0.6 is 12.4 Å². The molecule has 2 N–H and O–H groups in total. The standard InChI is InChI=1S/C14H27N3O.ClH/c1-12-11-13(5-6-15-12)14(18)16-7-10-17-8-3-2-4-9-17;/h12-13,15H,2-11H2,1H3,(H,16,18);1H/t12-,13-;/m0./s1. The summed E-state index contributed by atoms with van der Waals surface area (Å²) in [7, 11) is 0. The van der Waals surface area contributed by atoms with Crippen LogP contribution in [-0.4, -0.2) is 49.6 Å². The summed E-state index contributed by atoms with van der Waals surface area (Å²) in [6, 6.07) is 0.483. The molecule has 0 radical (unpaired) electrons. The van der Waals surface area contributed by atoms with Crippen molar-refractivity contribution < 1.29 is 4.79 Å². The van der Waals surface area contributed by atoms with E-state index in [1.807, 2.05) is 0 Å². The molecule has 0 aromatic heterocycles. The largest absolute Gasteiger partial charge is 0.355 e. The summed E-state index contributed by atoms with van der Waals surface area (Å²) in [5, 5.41) is 6.50. The van der Waals surface area contributed by atoms with Crippen LogP contribution in [0.25, 0.3) is 0 Å². The lowest BCUT2D eigenvalue weighted by Crippen LogP contribution is -2.44. The lowest BCUT2D eigenvalue weighted by Gasteiger charge is -2.28. The number of nitrogens with zero attached hydrogens (tertiary/aromatic N) is 1. The molecule has 2 atom stereocenters. The number of likely N-dealkylation sites (tertiary alicyclic amines) is 1. The second-order valence-corrected chi connectivity index (χ2v) is 5.77. The molecule has 0 spiro atoms. The van der Waals surface area contributed by atoms with E-state index in [0.717, 1.165) is 32.5 Å². The summed E-state index contributed by atoms with van der Waals surface area (Å²) in [6.45, 7) is 7.39. The third kappa shape index (κ3) is 5.67. The van der Waals surface area contributed by atoms with Gasteiger partial charge in [0.2, 0.25) is 5.91 Å². The van der Waals surface area contributed by atoms with Crippen LogP contribution in [0.5, 0.6) is 0 Å². The maximum atomic E-state index is 12.0. The van der Waals surface area contributed by atoms with Gasteiger partial charge in [0.05, 0.1) is 0 Å². The molecule has 2 saturated heterocycles. The highest BCUT2D eigenvalue weighted by molar-refractivity contribution is 5.85. The minimum atomic E-state index is 0. The number of hydrogen-bond acceptors (Lipinski definition) is 3. The second-order valence-electron chi connectivity index (χ2n) is 5.77. The van der Waals surface area contributed by atoms with Gasteiger partial charge < -0.3 is 15.5 Å². The number of carbonyl (C=O) groups excluding carboxylic acids is 1. The van der Waals surface area contributed by atoms with Crippen LogP contribution in [0.15, 0.2) is 0 Å². The van der Waals surface area contributed by atoms with E-state index in [4.69, 9.17) is 0 Å². The zero-order valence-corrected chi connectivity index (χ0v) is 12.8. The number of carbonyl (C=O) groups is 1. The summed E-state index contributed by atoms with van der Waals surface area (Å²) in [5.74, 6) is 0.489. The molecule has 2 aliphatic heterocycles. The Balaban J connectivity index is 0.00000180. The Morgan fingerprint density at radius 3 is 2.74 bits per heavy atom. The van der Waals surface area contributed by atoms with E-state index < -0.39 is 0 Å². The van der Waals surface area contributed by atoms with Gasteiger partial charge in [0.15, 0.2) is 0 Å². The maximum absolute atomic E-state index is 12.0. The molecule has 0 bridgehead atoms. The zero-order valence-electron chi connectivity index (χ0n) is 12.0. The highest BCUT2D eigenvalue weighted by Gasteiger charge is 2.24. The van der Waals surface area contributed by atoms with E-state index in [1.54, 1.807) is 0 Å². The van der Waals surface area contributed by atoms with Gasteiger partial charge in [0.25, 0.3) is 0 Å². The summed E-state index contributed by atoms with van der Waals surface area (Å²) in [5.41, 5.74) is 0. The van der Waals surface area contributed by atoms with Gasteiger partial charge in [-0.1, -0.05) is 6.42 Å². The SMILES string of the molecule is C[C@H]1C[C@@H](C(=O)NCCN2CCCCC2)CCN1.Cl. The van der Waals surface area contributed by atoms with Crippen LogP contribution in [0, 0.1) is 5.92 Å². The van der Waals surface area contributed by atoms with Gasteiger partial charge in [0, 0.05) is 25.0 Å². The fourth-order valence-electron chi connectivity index (χ4n) is 3.03. The highest BCUT2D eigenvalue weighted by atomic mass is 35.5. The quantitative estimate of drug-likeness (QED) is 0.822. The molecule has 4 nitrogen and oxygen atoms in total. The number of nitrogens with one attached hydrogen (secondary N) is 2. The van der Waals surface area contributed by atoms with Crippen molar-refractivity contribution in [1.29, 1.82) is 0 Å². The predicted octanol–water partition coefficient (Wildman–Crippen LogP) is 1.40. The van der Waals surface area contributed by atoms with Crippen molar-refractivity contribution in [3.8, 4) is 0 Å². The molecule has 0 unspecified atom stereocenters. The summed E-state index contributed by atoms with van der Waals surface area (Å²) in [6.07, 6.45) is 5.98. The van der Waals surface area contributed by atoms with Crippen molar-refractivity contribution in [2.45, 2.75) is 45.1 Å². The number of hydrogen-bond donors (Lipinski definition) is 2. The third-order valence-corrected chi connectivity index (χ3v) is 4.17. The van der Waals surface area contributed by atoms with Gasteiger partial charge in [-0.05, 0) is 52.2 Å². The Bertz CT molecular complexity index is 269. The molecule has 5 heteroatoms. The van der Waals surface area contributed by atoms with Crippen LogP contribution in [0.2, 0.25) is 0 Å². The normalized spacial score (nSPS) is 28.5. The van der Waals surface area contributed by atoms with Crippen LogP contribution in [0.3, 0.4) is 0 Å². The first-order valence-electron chi connectivity index (χ1n) is 7.49. The zero-order chi connectivity index (χ0) is 12.8. The average molecular weight is 290 g/mol. The Morgan fingerprint density at radius 2 is 2.05 bits per heavy atom. The van der Waals surface area contributed by atoms with E-state index in [2.05, 4.69) is 22.5 Å². The van der Waals surface area contributed by atoms with Crippen LogP contribution in [0.4, 0.5) is 0 Å². The summed E-state index contributed by atoms with van der Waals surface area (Å²) in [4.78, 5) is 14.5. The number of rotatable bonds is 4. The molecular weight excluding hydrogens is 262 g/mol. The summed E-state index contributed by atoms with van der Waals surface area (Å²) >= 11 is 0. The topological polar surface area (TPSA) is 44.4 Å². The molecule has 2 rings (SSSR count). The molecule has 2 fully saturated rings. The molecule has 0 saturated carbocycles. The minimum Gasteiger partial charge on any atom is -0.355 e. The third-order valence-electron chi connectivity index (χ3n) is 4.17. The van der Waals surface area contributed by atoms with Crippen LogP contribution in [-0.2, 0) is 4.79 Å². The molecule has 0 aromatic rings. The molecular formula is C14H28ClN3O. The first-order chi connectivity index (χ1) is 8.75. The van der Waals surface area contributed by atoms with Gasteiger partial charge in [-0.3, -0.25) is 4.79 Å². The Morgan fingerprint density at radius 1 is 1.32 bits per heavy atom. The number of piperidine rings is 2. The predicted molar refractivity (Wildman–Crippen MR) is 80.7 cm³/mol. The van der Waals surface area contributed by atoms with E-state index in [0.29, 0.717) is 6.04 Å². The lowest BCUT2D eigenvalue weighted by molar-refractivity contribution is -0.126. The van der Waals surface area contributed by atoms with Crippen LogP contribution in [0.1, 0.15) is 39.0 Å². The fourth-order valence-corrected chi connectivity index (χ4v) is 3.03. The molecule has 2 aliphatic rings. The highest BCUT2D eigenvalue weighted by Crippen LogP contribution is 2.15. The van der Waals surface area contributed by atoms with Crippen LogP contribution < -0.4 is 10.6 Å². The smallest absolute Gasteiger partial charge is 0.223 e. The minimum absolute atomic E-state index is 0. The summed E-state index contributed by atoms with van der Waals surface area (Å²) < 4.78 is 0. The Kier molecular flexibility index (Phi) is 7.73. The van der Waals surface area contributed by atoms with Crippen molar-refractivity contribution in [2.75, 3.05) is 32.7 Å². The van der Waals surface area contributed by atoms with Crippen molar-refractivity contribution in [3.63, 3.8) is 0 Å². The van der Waals surface area contributed by atoms with Gasteiger partial charge in [0.1, 0.15) is 0 Å². The first kappa shape index (κ1) is 16.7. The molecule has 2 heterocycles. The van der Waals surface area contributed by atoms with Crippen molar-refractivity contribution in [2.24, 2.45) is 5.92 Å². The first-order valence-corrected chi connectivity index (χ1v) is 7.49. The fraction of sp³-hybridized carbons (Fsp3) is 0.929.